The zero-order valence-electron chi connectivity index (χ0n) is 20.0. The summed E-state index contributed by atoms with van der Waals surface area (Å²) >= 11 is 0. The molecule has 2 aromatic heterocycles. The molecule has 0 spiro atoms. The third-order valence-electron chi connectivity index (χ3n) is 6.48. The Morgan fingerprint density at radius 1 is 1.11 bits per heavy atom. The maximum Gasteiger partial charge on any atom is 0.250 e. The first-order valence-electron chi connectivity index (χ1n) is 11.8. The molecule has 1 fully saturated rings. The van der Waals surface area contributed by atoms with Gasteiger partial charge in [0.2, 0.25) is 5.91 Å². The summed E-state index contributed by atoms with van der Waals surface area (Å²) in [7, 11) is 0. The van der Waals surface area contributed by atoms with Crippen LogP contribution < -0.4 is 10.5 Å². The quantitative estimate of drug-likeness (QED) is 0.402. The highest BCUT2D eigenvalue weighted by atomic mass is 16.5. The van der Waals surface area contributed by atoms with E-state index in [-0.39, 0.29) is 17.5 Å². The molecule has 0 saturated carbocycles. The Balaban J connectivity index is 1.63. The number of pyridine rings is 1. The number of carbonyl (C=O) groups is 2. The van der Waals surface area contributed by atoms with E-state index in [1.807, 2.05) is 24.3 Å². The van der Waals surface area contributed by atoms with Crippen molar-refractivity contribution in [2.45, 2.75) is 18.9 Å². The maximum absolute atomic E-state index is 12.4. The number of nitrogens with zero attached hydrogens (tertiary/aromatic N) is 5. The zero-order valence-corrected chi connectivity index (χ0v) is 20.0. The maximum atomic E-state index is 12.4. The topological polar surface area (TPSA) is 127 Å². The monoisotopic (exact) mass is 492 g/mol. The van der Waals surface area contributed by atoms with Crippen LogP contribution in [0.15, 0.2) is 73.6 Å². The molecule has 0 aliphatic carbocycles. The number of amides is 2. The van der Waals surface area contributed by atoms with E-state index < -0.39 is 5.91 Å². The third kappa shape index (κ3) is 4.52. The summed E-state index contributed by atoms with van der Waals surface area (Å²) in [6, 6.07) is 16.0. The molecular weight excluding hydrogens is 468 g/mol. The Labute approximate surface area is 213 Å². The summed E-state index contributed by atoms with van der Waals surface area (Å²) in [5, 5.41) is 15.4. The predicted molar refractivity (Wildman–Crippen MR) is 138 cm³/mol. The van der Waals surface area contributed by atoms with Crippen LogP contribution in [0, 0.1) is 11.3 Å². The van der Waals surface area contributed by atoms with E-state index in [1.54, 1.807) is 46.2 Å². The van der Waals surface area contributed by atoms with Gasteiger partial charge in [-0.05, 0) is 67.4 Å². The molecule has 37 heavy (non-hydrogen) atoms. The highest BCUT2D eigenvalue weighted by Crippen LogP contribution is 2.37. The van der Waals surface area contributed by atoms with Crippen molar-refractivity contribution in [1.29, 1.82) is 5.26 Å². The SMILES string of the molecule is C=CC(=O)N1CCC[C@@H](n2nc(-c3ccc(Oc4ccncc4)cc3)c3c(C#N)ccc(C(N)=O)c32)C1. The van der Waals surface area contributed by atoms with Crippen LogP contribution in [-0.4, -0.2) is 44.6 Å². The van der Waals surface area contributed by atoms with Crippen LogP contribution in [0.25, 0.3) is 22.2 Å². The first-order valence-corrected chi connectivity index (χ1v) is 11.8. The molecule has 184 valence electrons. The molecule has 2 aromatic carbocycles. The summed E-state index contributed by atoms with van der Waals surface area (Å²) in [5.74, 6) is 0.520. The van der Waals surface area contributed by atoms with Crippen molar-refractivity contribution >= 4 is 22.7 Å². The van der Waals surface area contributed by atoms with E-state index in [4.69, 9.17) is 15.6 Å². The van der Waals surface area contributed by atoms with Gasteiger partial charge in [0.15, 0.2) is 0 Å². The summed E-state index contributed by atoms with van der Waals surface area (Å²) in [4.78, 5) is 30.5. The van der Waals surface area contributed by atoms with Gasteiger partial charge in [0.1, 0.15) is 17.2 Å². The van der Waals surface area contributed by atoms with Crippen molar-refractivity contribution in [2.75, 3.05) is 13.1 Å². The minimum atomic E-state index is -0.613. The third-order valence-corrected chi connectivity index (χ3v) is 6.48. The molecule has 3 heterocycles. The second-order valence-electron chi connectivity index (χ2n) is 8.75. The Morgan fingerprint density at radius 2 is 1.84 bits per heavy atom. The van der Waals surface area contributed by atoms with E-state index in [2.05, 4.69) is 17.6 Å². The highest BCUT2D eigenvalue weighted by molar-refractivity contribution is 6.10. The second kappa shape index (κ2) is 9.95. The van der Waals surface area contributed by atoms with E-state index in [0.29, 0.717) is 46.7 Å². The molecule has 2 amide bonds. The number of aromatic nitrogens is 3. The summed E-state index contributed by atoms with van der Waals surface area (Å²) < 4.78 is 7.63. The lowest BCUT2D eigenvalue weighted by molar-refractivity contribution is -0.127. The Bertz CT molecular complexity index is 1540. The van der Waals surface area contributed by atoms with Gasteiger partial charge < -0.3 is 15.4 Å². The van der Waals surface area contributed by atoms with Gasteiger partial charge in [-0.25, -0.2) is 0 Å². The lowest BCUT2D eigenvalue weighted by Gasteiger charge is -2.32. The number of rotatable bonds is 6. The van der Waals surface area contributed by atoms with Crippen molar-refractivity contribution in [2.24, 2.45) is 5.73 Å². The van der Waals surface area contributed by atoms with Crippen molar-refractivity contribution in [1.82, 2.24) is 19.7 Å². The molecule has 0 radical (unpaired) electrons. The normalized spacial score (nSPS) is 15.2. The van der Waals surface area contributed by atoms with Gasteiger partial charge in [0.05, 0.1) is 28.8 Å². The molecule has 5 rings (SSSR count). The highest BCUT2D eigenvalue weighted by Gasteiger charge is 2.29. The number of hydrogen-bond donors (Lipinski definition) is 1. The predicted octanol–water partition coefficient (Wildman–Crippen LogP) is 4.21. The van der Waals surface area contributed by atoms with E-state index in [1.165, 1.54) is 6.08 Å². The lowest BCUT2D eigenvalue weighted by Crippen LogP contribution is -2.40. The van der Waals surface area contributed by atoms with Gasteiger partial charge in [-0.3, -0.25) is 19.3 Å². The average Bonchev–Trinajstić information content (AvgIpc) is 3.34. The largest absolute Gasteiger partial charge is 0.457 e. The molecule has 0 bridgehead atoms. The smallest absolute Gasteiger partial charge is 0.250 e. The van der Waals surface area contributed by atoms with Crippen LogP contribution in [0.5, 0.6) is 11.5 Å². The Kier molecular flexibility index (Phi) is 6.39. The summed E-state index contributed by atoms with van der Waals surface area (Å²) in [5.41, 5.74) is 8.20. The van der Waals surface area contributed by atoms with Gasteiger partial charge in [-0.15, -0.1) is 0 Å². The minimum Gasteiger partial charge on any atom is -0.457 e. The minimum absolute atomic E-state index is 0.154. The zero-order chi connectivity index (χ0) is 25.9. The standard InChI is InChI=1S/C28H24N6O3/c1-2-24(35)33-15-3-4-20(17-33)34-27-23(28(30)36)10-7-19(16-29)25(27)26(32-34)18-5-8-21(9-6-18)37-22-11-13-31-14-12-22/h2,5-14,20H,1,3-4,15,17H2,(H2,30,36)/t20-/m1/s1. The number of hydrogen-bond acceptors (Lipinski definition) is 6. The van der Waals surface area contributed by atoms with Crippen molar-refractivity contribution < 1.29 is 14.3 Å². The molecule has 9 nitrogen and oxygen atoms in total. The summed E-state index contributed by atoms with van der Waals surface area (Å²) in [6.07, 6.45) is 6.12. The molecular formula is C28H24N6O3. The van der Waals surface area contributed by atoms with Crippen molar-refractivity contribution in [3.63, 3.8) is 0 Å². The Morgan fingerprint density at radius 3 is 2.51 bits per heavy atom. The number of nitriles is 1. The molecule has 0 unspecified atom stereocenters. The number of nitrogens with two attached hydrogens (primary N) is 1. The van der Waals surface area contributed by atoms with E-state index in [0.717, 1.165) is 18.4 Å². The number of likely N-dealkylation sites (tertiary alicyclic amines) is 1. The van der Waals surface area contributed by atoms with E-state index in [9.17, 15) is 14.9 Å². The number of carbonyl (C=O) groups excluding carboxylic acids is 2. The van der Waals surface area contributed by atoms with E-state index >= 15 is 0 Å². The molecule has 1 atom stereocenters. The first-order chi connectivity index (χ1) is 18.0. The summed E-state index contributed by atoms with van der Waals surface area (Å²) in [6.45, 7) is 4.63. The molecule has 1 saturated heterocycles. The Hall–Kier alpha value is -4.97. The van der Waals surface area contributed by atoms with Crippen LogP contribution in [0.1, 0.15) is 34.8 Å². The number of benzene rings is 2. The number of ether oxygens (including phenoxy) is 1. The van der Waals surface area contributed by atoms with Crippen LogP contribution in [0.3, 0.4) is 0 Å². The average molecular weight is 493 g/mol. The molecule has 2 N–H and O–H groups in total. The fraction of sp³-hybridized carbons (Fsp3) is 0.179. The lowest BCUT2D eigenvalue weighted by atomic mass is 9.99. The van der Waals surface area contributed by atoms with Crippen LogP contribution in [0.4, 0.5) is 0 Å². The number of fused-ring (bicyclic) bond motifs is 1. The number of primary amides is 1. The van der Waals surface area contributed by atoms with Gasteiger partial charge in [-0.2, -0.15) is 10.4 Å². The fourth-order valence-corrected chi connectivity index (χ4v) is 4.74. The molecule has 1 aliphatic heterocycles. The van der Waals surface area contributed by atoms with Gasteiger partial charge in [0, 0.05) is 36.4 Å². The molecule has 1 aliphatic rings. The van der Waals surface area contributed by atoms with Gasteiger partial charge in [0.25, 0.3) is 5.91 Å². The van der Waals surface area contributed by atoms with Gasteiger partial charge >= 0.3 is 0 Å². The molecule has 4 aromatic rings. The van der Waals surface area contributed by atoms with Crippen molar-refractivity contribution in [3.8, 4) is 28.8 Å². The van der Waals surface area contributed by atoms with Crippen LogP contribution in [-0.2, 0) is 4.79 Å². The molecule has 9 heteroatoms. The second-order valence-corrected chi connectivity index (χ2v) is 8.75. The number of piperidine rings is 1. The first kappa shape index (κ1) is 23.8. The van der Waals surface area contributed by atoms with Crippen LogP contribution >= 0.6 is 0 Å². The van der Waals surface area contributed by atoms with Crippen molar-refractivity contribution in [3.05, 3.63) is 84.7 Å². The fourth-order valence-electron chi connectivity index (χ4n) is 4.74. The van der Waals surface area contributed by atoms with Crippen LogP contribution in [0.2, 0.25) is 0 Å². The van der Waals surface area contributed by atoms with Gasteiger partial charge in [-0.1, -0.05) is 6.58 Å².